The predicted octanol–water partition coefficient (Wildman–Crippen LogP) is 3.53. The first kappa shape index (κ1) is 15.6. The smallest absolute Gasteiger partial charge is 0.227 e. The molecule has 1 amide bonds. The van der Waals surface area contributed by atoms with Gasteiger partial charge in [0.25, 0.3) is 0 Å². The zero-order valence-electron chi connectivity index (χ0n) is 13.5. The number of carbonyl (C=O) groups excluding carboxylic acids is 1. The maximum Gasteiger partial charge on any atom is 0.227 e. The van der Waals surface area contributed by atoms with Gasteiger partial charge in [0, 0.05) is 42.7 Å². The van der Waals surface area contributed by atoms with Gasteiger partial charge in [0.15, 0.2) is 5.13 Å². The van der Waals surface area contributed by atoms with Crippen LogP contribution in [0.3, 0.4) is 0 Å². The van der Waals surface area contributed by atoms with E-state index in [4.69, 9.17) is 4.74 Å². The van der Waals surface area contributed by atoms with Gasteiger partial charge in [0.2, 0.25) is 5.91 Å². The van der Waals surface area contributed by atoms with Gasteiger partial charge in [-0.25, -0.2) is 4.98 Å². The topological polar surface area (TPSA) is 54.5 Å². The normalized spacial score (nSPS) is 20.8. The predicted molar refractivity (Wildman–Crippen MR) is 96.6 cm³/mol. The minimum atomic E-state index is 0.219. The van der Waals surface area contributed by atoms with Crippen molar-refractivity contribution in [3.63, 3.8) is 0 Å². The van der Waals surface area contributed by atoms with E-state index in [1.165, 1.54) is 0 Å². The van der Waals surface area contributed by atoms with Crippen LogP contribution in [0.4, 0.5) is 10.8 Å². The minimum Gasteiger partial charge on any atom is -0.376 e. The molecule has 126 valence electrons. The van der Waals surface area contributed by atoms with E-state index in [0.29, 0.717) is 12.5 Å². The van der Waals surface area contributed by atoms with Crippen molar-refractivity contribution in [2.24, 2.45) is 0 Å². The Labute approximate surface area is 145 Å². The van der Waals surface area contributed by atoms with Crippen molar-refractivity contribution < 1.29 is 9.53 Å². The van der Waals surface area contributed by atoms with Gasteiger partial charge < -0.3 is 15.0 Å². The SMILES string of the molecule is O=C1CCCN1c1ccc(-c2csc(NCC3CCCO3)n2)cc1. The molecule has 2 fully saturated rings. The van der Waals surface area contributed by atoms with Crippen LogP contribution in [0, 0.1) is 0 Å². The molecule has 2 aliphatic heterocycles. The summed E-state index contributed by atoms with van der Waals surface area (Å²) in [6.07, 6.45) is 4.21. The minimum absolute atomic E-state index is 0.219. The van der Waals surface area contributed by atoms with Gasteiger partial charge in [0.05, 0.1) is 11.8 Å². The Morgan fingerprint density at radius 3 is 2.88 bits per heavy atom. The summed E-state index contributed by atoms with van der Waals surface area (Å²) in [5.41, 5.74) is 3.02. The highest BCUT2D eigenvalue weighted by atomic mass is 32.1. The van der Waals surface area contributed by atoms with Gasteiger partial charge in [0.1, 0.15) is 0 Å². The fourth-order valence-electron chi connectivity index (χ4n) is 3.23. The van der Waals surface area contributed by atoms with Gasteiger partial charge in [-0.1, -0.05) is 12.1 Å². The number of amides is 1. The van der Waals surface area contributed by atoms with Crippen LogP contribution in [-0.2, 0) is 9.53 Å². The zero-order chi connectivity index (χ0) is 16.4. The Balaban J connectivity index is 1.41. The van der Waals surface area contributed by atoms with Crippen LogP contribution >= 0.6 is 11.3 Å². The largest absolute Gasteiger partial charge is 0.376 e. The van der Waals surface area contributed by atoms with Crippen molar-refractivity contribution in [3.05, 3.63) is 29.6 Å². The molecule has 4 rings (SSSR count). The molecule has 0 saturated carbocycles. The lowest BCUT2D eigenvalue weighted by atomic mass is 10.1. The first-order chi connectivity index (χ1) is 11.8. The van der Waals surface area contributed by atoms with Crippen LogP contribution in [0.2, 0.25) is 0 Å². The number of nitrogens with one attached hydrogen (secondary N) is 1. The van der Waals surface area contributed by atoms with Crippen LogP contribution in [0.25, 0.3) is 11.3 Å². The van der Waals surface area contributed by atoms with Gasteiger partial charge in [-0.2, -0.15) is 0 Å². The molecule has 2 aliphatic rings. The number of anilines is 2. The van der Waals surface area contributed by atoms with E-state index in [2.05, 4.69) is 15.7 Å². The average molecular weight is 343 g/mol. The summed E-state index contributed by atoms with van der Waals surface area (Å²) in [5, 5.41) is 6.36. The van der Waals surface area contributed by atoms with Crippen molar-refractivity contribution >= 4 is 28.1 Å². The Kier molecular flexibility index (Phi) is 4.49. The third kappa shape index (κ3) is 3.30. The molecule has 2 aromatic rings. The first-order valence-electron chi connectivity index (χ1n) is 8.51. The van der Waals surface area contributed by atoms with Crippen LogP contribution in [0.15, 0.2) is 29.6 Å². The summed E-state index contributed by atoms with van der Waals surface area (Å²) in [5.74, 6) is 0.219. The molecule has 0 aliphatic carbocycles. The molecule has 0 radical (unpaired) electrons. The van der Waals surface area contributed by atoms with E-state index in [1.54, 1.807) is 11.3 Å². The summed E-state index contributed by atoms with van der Waals surface area (Å²) < 4.78 is 5.62. The second kappa shape index (κ2) is 6.91. The van der Waals surface area contributed by atoms with Gasteiger partial charge in [-0.3, -0.25) is 4.79 Å². The fraction of sp³-hybridized carbons (Fsp3) is 0.444. The van der Waals surface area contributed by atoms with Crippen molar-refractivity contribution in [2.45, 2.75) is 31.8 Å². The molecule has 24 heavy (non-hydrogen) atoms. The molecule has 0 bridgehead atoms. The third-order valence-corrected chi connectivity index (χ3v) is 5.36. The Bertz CT molecular complexity index is 707. The van der Waals surface area contributed by atoms with Gasteiger partial charge in [-0.15, -0.1) is 11.3 Å². The summed E-state index contributed by atoms with van der Waals surface area (Å²) in [7, 11) is 0. The first-order valence-corrected chi connectivity index (χ1v) is 9.39. The molecule has 3 heterocycles. The van der Waals surface area contributed by atoms with Crippen molar-refractivity contribution in [1.29, 1.82) is 0 Å². The lowest BCUT2D eigenvalue weighted by molar-refractivity contribution is -0.117. The second-order valence-corrected chi connectivity index (χ2v) is 7.11. The molecule has 1 unspecified atom stereocenters. The summed E-state index contributed by atoms with van der Waals surface area (Å²) in [6.45, 7) is 2.52. The highest BCUT2D eigenvalue weighted by Gasteiger charge is 2.21. The summed E-state index contributed by atoms with van der Waals surface area (Å²) in [4.78, 5) is 18.3. The molecule has 1 N–H and O–H groups in total. The monoisotopic (exact) mass is 343 g/mol. The molecule has 6 heteroatoms. The summed E-state index contributed by atoms with van der Waals surface area (Å²) in [6, 6.07) is 8.11. The van der Waals surface area contributed by atoms with Crippen LogP contribution < -0.4 is 10.2 Å². The molecule has 1 atom stereocenters. The lowest BCUT2D eigenvalue weighted by Crippen LogP contribution is -2.23. The third-order valence-electron chi connectivity index (χ3n) is 4.56. The van der Waals surface area contributed by atoms with E-state index in [1.807, 2.05) is 29.2 Å². The quantitative estimate of drug-likeness (QED) is 0.902. The average Bonchev–Trinajstić information content (AvgIpc) is 3.35. The number of nitrogens with zero attached hydrogens (tertiary/aromatic N) is 2. The van der Waals surface area contributed by atoms with E-state index in [-0.39, 0.29) is 5.91 Å². The Morgan fingerprint density at radius 1 is 1.29 bits per heavy atom. The maximum absolute atomic E-state index is 11.8. The molecule has 1 aromatic heterocycles. The molecular weight excluding hydrogens is 322 g/mol. The maximum atomic E-state index is 11.8. The number of rotatable bonds is 5. The van der Waals surface area contributed by atoms with Crippen molar-refractivity contribution in [1.82, 2.24) is 4.98 Å². The standard InChI is InChI=1S/C18H21N3O2S/c22-17-4-1-9-21(17)14-7-5-13(6-8-14)16-12-24-18(20-16)19-11-15-3-2-10-23-15/h5-8,12,15H,1-4,9-11H2,(H,19,20). The van der Waals surface area contributed by atoms with Crippen LogP contribution in [0.5, 0.6) is 0 Å². The molecule has 5 nitrogen and oxygen atoms in total. The van der Waals surface area contributed by atoms with Crippen molar-refractivity contribution in [2.75, 3.05) is 29.9 Å². The second-order valence-electron chi connectivity index (χ2n) is 6.25. The van der Waals surface area contributed by atoms with E-state index < -0.39 is 0 Å². The van der Waals surface area contributed by atoms with E-state index in [9.17, 15) is 4.79 Å². The van der Waals surface area contributed by atoms with Crippen molar-refractivity contribution in [3.8, 4) is 11.3 Å². The van der Waals surface area contributed by atoms with Crippen LogP contribution in [0.1, 0.15) is 25.7 Å². The zero-order valence-corrected chi connectivity index (χ0v) is 14.3. The Morgan fingerprint density at radius 2 is 2.17 bits per heavy atom. The van der Waals surface area contributed by atoms with E-state index in [0.717, 1.165) is 61.0 Å². The van der Waals surface area contributed by atoms with Gasteiger partial charge in [-0.05, 0) is 31.4 Å². The van der Waals surface area contributed by atoms with E-state index >= 15 is 0 Å². The molecule has 2 saturated heterocycles. The molecular formula is C18H21N3O2S. The fourth-order valence-corrected chi connectivity index (χ4v) is 3.96. The Hall–Kier alpha value is -1.92. The number of hydrogen-bond donors (Lipinski definition) is 1. The number of ether oxygens (including phenoxy) is 1. The number of aromatic nitrogens is 1. The highest BCUT2D eigenvalue weighted by Crippen LogP contribution is 2.28. The number of hydrogen-bond acceptors (Lipinski definition) is 5. The van der Waals surface area contributed by atoms with Gasteiger partial charge >= 0.3 is 0 Å². The number of thiazole rings is 1. The highest BCUT2D eigenvalue weighted by molar-refractivity contribution is 7.14. The molecule has 1 aromatic carbocycles. The number of benzene rings is 1. The number of carbonyl (C=O) groups is 1. The molecule has 0 spiro atoms. The van der Waals surface area contributed by atoms with Crippen LogP contribution in [-0.4, -0.2) is 36.7 Å². The summed E-state index contributed by atoms with van der Waals surface area (Å²) >= 11 is 1.62. The lowest BCUT2D eigenvalue weighted by Gasteiger charge is -2.15.